The molecule has 1 unspecified atom stereocenters. The molecule has 7 heteroatoms. The minimum atomic E-state index is -0.264. The van der Waals surface area contributed by atoms with Gasteiger partial charge in [-0.1, -0.05) is 18.2 Å². The number of rotatable bonds is 2. The van der Waals surface area contributed by atoms with Crippen molar-refractivity contribution in [2.24, 2.45) is 5.41 Å². The SMILES string of the molecule is O=C(c1cnccn1)N1CCC2(COCC(=O)N(c3ccccc3)C2)C1. The summed E-state index contributed by atoms with van der Waals surface area (Å²) in [5.41, 5.74) is 0.941. The number of aromatic nitrogens is 2. The van der Waals surface area contributed by atoms with Gasteiger partial charge >= 0.3 is 0 Å². The molecular weight excluding hydrogens is 332 g/mol. The zero-order valence-corrected chi connectivity index (χ0v) is 14.4. The van der Waals surface area contributed by atoms with Gasteiger partial charge in [-0.25, -0.2) is 4.98 Å². The van der Waals surface area contributed by atoms with E-state index in [2.05, 4.69) is 9.97 Å². The first-order chi connectivity index (χ1) is 12.7. The highest BCUT2D eigenvalue weighted by molar-refractivity contribution is 5.95. The van der Waals surface area contributed by atoms with Crippen molar-refractivity contribution in [2.75, 3.05) is 37.7 Å². The summed E-state index contributed by atoms with van der Waals surface area (Å²) in [5.74, 6) is -0.177. The Labute approximate surface area is 151 Å². The zero-order chi connectivity index (χ0) is 18.0. The molecule has 2 aromatic rings. The number of likely N-dealkylation sites (tertiary alicyclic amines) is 1. The van der Waals surface area contributed by atoms with Gasteiger partial charge in [0.25, 0.3) is 11.8 Å². The maximum atomic E-state index is 12.7. The van der Waals surface area contributed by atoms with Crippen molar-refractivity contribution in [1.29, 1.82) is 0 Å². The Balaban J connectivity index is 1.55. The first-order valence-electron chi connectivity index (χ1n) is 8.65. The predicted molar refractivity (Wildman–Crippen MR) is 94.6 cm³/mol. The van der Waals surface area contributed by atoms with E-state index in [0.29, 0.717) is 31.9 Å². The van der Waals surface area contributed by atoms with Crippen LogP contribution in [0.4, 0.5) is 5.69 Å². The Morgan fingerprint density at radius 2 is 2.00 bits per heavy atom. The van der Waals surface area contributed by atoms with E-state index in [1.54, 1.807) is 16.0 Å². The first kappa shape index (κ1) is 16.7. The molecule has 0 bridgehead atoms. The van der Waals surface area contributed by atoms with Gasteiger partial charge in [-0.2, -0.15) is 0 Å². The molecule has 3 heterocycles. The highest BCUT2D eigenvalue weighted by Crippen LogP contribution is 2.35. The lowest BCUT2D eigenvalue weighted by Crippen LogP contribution is -2.43. The molecular formula is C19H20N4O3. The van der Waals surface area contributed by atoms with Crippen molar-refractivity contribution in [3.05, 3.63) is 54.6 Å². The zero-order valence-electron chi connectivity index (χ0n) is 14.4. The fourth-order valence-electron chi connectivity index (χ4n) is 3.67. The molecule has 2 aliphatic heterocycles. The molecule has 0 N–H and O–H groups in total. The Hall–Kier alpha value is -2.80. The van der Waals surface area contributed by atoms with E-state index in [9.17, 15) is 9.59 Å². The van der Waals surface area contributed by atoms with Crippen molar-refractivity contribution in [3.8, 4) is 0 Å². The molecule has 2 aliphatic rings. The molecule has 1 spiro atoms. The van der Waals surface area contributed by atoms with Gasteiger partial charge in [-0.3, -0.25) is 14.6 Å². The number of carbonyl (C=O) groups excluding carboxylic acids is 2. The molecule has 134 valence electrons. The summed E-state index contributed by atoms with van der Waals surface area (Å²) in [6, 6.07) is 9.61. The number of amides is 2. The second-order valence-corrected chi connectivity index (χ2v) is 6.88. The van der Waals surface area contributed by atoms with Crippen LogP contribution in [0.3, 0.4) is 0 Å². The third-order valence-electron chi connectivity index (χ3n) is 5.00. The summed E-state index contributed by atoms with van der Waals surface area (Å²) >= 11 is 0. The number of benzene rings is 1. The molecule has 2 fully saturated rings. The minimum absolute atomic E-state index is 0.0493. The topological polar surface area (TPSA) is 75.6 Å². The highest BCUT2D eigenvalue weighted by atomic mass is 16.5. The third kappa shape index (κ3) is 3.17. The van der Waals surface area contributed by atoms with E-state index in [4.69, 9.17) is 4.74 Å². The van der Waals surface area contributed by atoms with Crippen molar-refractivity contribution < 1.29 is 14.3 Å². The summed E-state index contributed by atoms with van der Waals surface area (Å²) in [5, 5.41) is 0. The van der Waals surface area contributed by atoms with Gasteiger partial charge in [0.2, 0.25) is 0 Å². The van der Waals surface area contributed by atoms with Crippen LogP contribution in [-0.2, 0) is 9.53 Å². The molecule has 1 aromatic carbocycles. The molecule has 2 amide bonds. The maximum absolute atomic E-state index is 12.7. The summed E-state index contributed by atoms with van der Waals surface area (Å²) in [6.45, 7) is 2.23. The van der Waals surface area contributed by atoms with Crippen LogP contribution in [0.25, 0.3) is 0 Å². The smallest absolute Gasteiger partial charge is 0.274 e. The number of ether oxygens (including phenoxy) is 1. The van der Waals surface area contributed by atoms with E-state index < -0.39 is 0 Å². The summed E-state index contributed by atoms with van der Waals surface area (Å²) < 4.78 is 5.67. The van der Waals surface area contributed by atoms with Crippen molar-refractivity contribution >= 4 is 17.5 Å². The van der Waals surface area contributed by atoms with E-state index >= 15 is 0 Å². The second-order valence-electron chi connectivity index (χ2n) is 6.88. The van der Waals surface area contributed by atoms with Crippen LogP contribution in [-0.4, -0.2) is 59.5 Å². The lowest BCUT2D eigenvalue weighted by molar-refractivity contribution is -0.122. The molecule has 0 radical (unpaired) electrons. The van der Waals surface area contributed by atoms with Gasteiger partial charge in [0.15, 0.2) is 0 Å². The number of nitrogens with zero attached hydrogens (tertiary/aromatic N) is 4. The van der Waals surface area contributed by atoms with Crippen LogP contribution in [0.2, 0.25) is 0 Å². The molecule has 4 rings (SSSR count). The average Bonchev–Trinajstić information content (AvgIpc) is 3.03. The van der Waals surface area contributed by atoms with E-state index in [0.717, 1.165) is 12.1 Å². The molecule has 26 heavy (non-hydrogen) atoms. The Bertz CT molecular complexity index is 799. The van der Waals surface area contributed by atoms with E-state index in [-0.39, 0.29) is 23.8 Å². The van der Waals surface area contributed by atoms with Crippen LogP contribution >= 0.6 is 0 Å². The van der Waals surface area contributed by atoms with Gasteiger partial charge < -0.3 is 14.5 Å². The molecule has 0 saturated carbocycles. The van der Waals surface area contributed by atoms with Crippen LogP contribution in [0.1, 0.15) is 16.9 Å². The van der Waals surface area contributed by atoms with Crippen molar-refractivity contribution in [2.45, 2.75) is 6.42 Å². The monoisotopic (exact) mass is 352 g/mol. The lowest BCUT2D eigenvalue weighted by Gasteiger charge is -2.31. The molecule has 0 aliphatic carbocycles. The van der Waals surface area contributed by atoms with Crippen LogP contribution in [0.15, 0.2) is 48.9 Å². The molecule has 2 saturated heterocycles. The fourth-order valence-corrected chi connectivity index (χ4v) is 3.67. The van der Waals surface area contributed by atoms with Gasteiger partial charge in [0.05, 0.1) is 12.8 Å². The molecule has 1 atom stereocenters. The quantitative estimate of drug-likeness (QED) is 0.816. The highest BCUT2D eigenvalue weighted by Gasteiger charge is 2.44. The normalized spacial score (nSPS) is 23.3. The fraction of sp³-hybridized carbons (Fsp3) is 0.368. The van der Waals surface area contributed by atoms with Crippen molar-refractivity contribution in [3.63, 3.8) is 0 Å². The second kappa shape index (κ2) is 6.84. The van der Waals surface area contributed by atoms with Gasteiger partial charge in [-0.15, -0.1) is 0 Å². The average molecular weight is 352 g/mol. The molecule has 7 nitrogen and oxygen atoms in total. The predicted octanol–water partition coefficient (Wildman–Crippen LogP) is 1.37. The Morgan fingerprint density at radius 3 is 2.77 bits per heavy atom. The van der Waals surface area contributed by atoms with Gasteiger partial charge in [0.1, 0.15) is 12.3 Å². The van der Waals surface area contributed by atoms with Crippen LogP contribution in [0, 0.1) is 5.41 Å². The molecule has 1 aromatic heterocycles. The Kier molecular flexibility index (Phi) is 4.38. The van der Waals surface area contributed by atoms with E-state index in [1.165, 1.54) is 12.4 Å². The Morgan fingerprint density at radius 1 is 1.15 bits per heavy atom. The first-order valence-corrected chi connectivity index (χ1v) is 8.65. The summed E-state index contributed by atoms with van der Waals surface area (Å²) in [4.78, 5) is 36.8. The van der Waals surface area contributed by atoms with Crippen LogP contribution < -0.4 is 4.90 Å². The van der Waals surface area contributed by atoms with Gasteiger partial charge in [-0.05, 0) is 18.6 Å². The summed E-state index contributed by atoms with van der Waals surface area (Å²) in [7, 11) is 0. The van der Waals surface area contributed by atoms with Crippen LogP contribution in [0.5, 0.6) is 0 Å². The van der Waals surface area contributed by atoms with E-state index in [1.807, 2.05) is 30.3 Å². The van der Waals surface area contributed by atoms with Crippen molar-refractivity contribution in [1.82, 2.24) is 14.9 Å². The number of carbonyl (C=O) groups is 2. The number of para-hydroxylation sites is 1. The number of anilines is 1. The van der Waals surface area contributed by atoms with Gasteiger partial charge in [0, 0.05) is 43.1 Å². The summed E-state index contributed by atoms with van der Waals surface area (Å²) in [6.07, 6.45) is 5.33. The lowest BCUT2D eigenvalue weighted by atomic mass is 9.87. The number of hydrogen-bond donors (Lipinski definition) is 0. The third-order valence-corrected chi connectivity index (χ3v) is 5.00. The minimum Gasteiger partial charge on any atom is -0.371 e. The standard InChI is InChI=1S/C19H20N4O3/c24-17-11-26-14-19(13-23(17)15-4-2-1-3-5-15)6-9-22(12-19)18(25)16-10-20-7-8-21-16/h1-5,7-8,10H,6,9,11-14H2. The number of hydrogen-bond acceptors (Lipinski definition) is 5. The largest absolute Gasteiger partial charge is 0.371 e. The maximum Gasteiger partial charge on any atom is 0.274 e.